The van der Waals surface area contributed by atoms with Gasteiger partial charge in [-0.1, -0.05) is 84.9 Å². The lowest BCUT2D eigenvalue weighted by molar-refractivity contribution is -0.136. The van der Waals surface area contributed by atoms with Crippen molar-refractivity contribution in [1.82, 2.24) is 20.2 Å². The first-order valence-electron chi connectivity index (χ1n) is 13.2. The van der Waals surface area contributed by atoms with E-state index in [4.69, 9.17) is 14.6 Å². The molecule has 0 fully saturated rings. The van der Waals surface area contributed by atoms with Gasteiger partial charge in [0.25, 0.3) is 0 Å². The summed E-state index contributed by atoms with van der Waals surface area (Å²) < 4.78 is 9.72. The fourth-order valence-corrected chi connectivity index (χ4v) is 5.53. The van der Waals surface area contributed by atoms with Crippen LogP contribution in [0.5, 0.6) is 0 Å². The topological polar surface area (TPSA) is 96.2 Å². The number of hydrogen-bond acceptors (Lipinski definition) is 8. The molecule has 0 spiro atoms. The highest BCUT2D eigenvalue weighted by Crippen LogP contribution is 2.33. The predicted molar refractivity (Wildman–Crippen MR) is 162 cm³/mol. The number of carbonyl (C=O) groups is 2. The van der Waals surface area contributed by atoms with Gasteiger partial charge in [-0.15, -0.1) is 21.5 Å². The zero-order chi connectivity index (χ0) is 29.3. The van der Waals surface area contributed by atoms with Crippen LogP contribution in [0.3, 0.4) is 0 Å². The molecule has 3 aromatic carbocycles. The second-order valence-corrected chi connectivity index (χ2v) is 10.5. The Kier molecular flexibility index (Phi) is 9.10. The van der Waals surface area contributed by atoms with Crippen molar-refractivity contribution in [2.75, 3.05) is 7.11 Å². The molecule has 0 unspecified atom stereocenters. The van der Waals surface area contributed by atoms with Gasteiger partial charge >= 0.3 is 11.9 Å². The molecule has 5 aromatic rings. The summed E-state index contributed by atoms with van der Waals surface area (Å²) >= 11 is 1.55. The molecule has 2 aromatic heterocycles. The van der Waals surface area contributed by atoms with Gasteiger partial charge in [-0.05, 0) is 45.7 Å². The average Bonchev–Trinajstić information content (AvgIpc) is 3.64. The van der Waals surface area contributed by atoms with E-state index in [1.54, 1.807) is 28.3 Å². The molecule has 0 radical (unpaired) electrons. The molecule has 5 rings (SSSR count). The molecule has 8 nitrogen and oxygen atoms in total. The van der Waals surface area contributed by atoms with Gasteiger partial charge in [-0.25, -0.2) is 4.79 Å². The number of thiophene rings is 1. The van der Waals surface area contributed by atoms with Crippen LogP contribution in [-0.4, -0.2) is 39.3 Å². The van der Waals surface area contributed by atoms with E-state index in [-0.39, 0.29) is 6.04 Å². The number of aromatic nitrogens is 4. The zero-order valence-corrected chi connectivity index (χ0v) is 23.9. The van der Waals surface area contributed by atoms with Crippen LogP contribution in [0, 0.1) is 0 Å². The molecule has 2 heterocycles. The summed E-state index contributed by atoms with van der Waals surface area (Å²) in [5, 5.41) is 13.8. The molecule has 0 N–H and O–H groups in total. The van der Waals surface area contributed by atoms with Crippen LogP contribution in [-0.2, 0) is 25.5 Å². The number of ether oxygens (including phenoxy) is 2. The molecule has 0 amide bonds. The minimum Gasteiger partial charge on any atom is -0.466 e. The van der Waals surface area contributed by atoms with Gasteiger partial charge < -0.3 is 9.47 Å². The second kappa shape index (κ2) is 13.5. The minimum absolute atomic E-state index is 0.252. The predicted octanol–water partition coefficient (Wildman–Crippen LogP) is 6.35. The van der Waals surface area contributed by atoms with Crippen LogP contribution in [0.15, 0.2) is 103 Å². The smallest absolute Gasteiger partial charge is 0.330 e. The Morgan fingerprint density at radius 2 is 1.64 bits per heavy atom. The highest BCUT2D eigenvalue weighted by Gasteiger charge is 2.22. The van der Waals surface area contributed by atoms with Crippen molar-refractivity contribution in [1.29, 1.82) is 0 Å². The Bertz CT molecular complexity index is 1690. The van der Waals surface area contributed by atoms with E-state index in [2.05, 4.69) is 34.6 Å². The third-order valence-electron chi connectivity index (χ3n) is 6.35. The van der Waals surface area contributed by atoms with E-state index in [1.165, 1.54) is 26.4 Å². The van der Waals surface area contributed by atoms with Gasteiger partial charge in [0, 0.05) is 34.7 Å². The first-order valence-corrected chi connectivity index (χ1v) is 14.0. The fraction of sp³-hybridized carbons (Fsp3) is 0.121. The maximum absolute atomic E-state index is 11.6. The summed E-state index contributed by atoms with van der Waals surface area (Å²) in [5.41, 5.74) is 4.84. The maximum atomic E-state index is 11.6. The molecule has 210 valence electrons. The van der Waals surface area contributed by atoms with Crippen molar-refractivity contribution in [3.8, 4) is 11.4 Å². The third-order valence-corrected chi connectivity index (χ3v) is 7.45. The van der Waals surface area contributed by atoms with Crippen molar-refractivity contribution >= 4 is 35.4 Å². The number of carbonyl (C=O) groups excluding carboxylic acids is 2. The molecule has 0 aliphatic rings. The zero-order valence-electron chi connectivity index (χ0n) is 23.1. The Labute approximate surface area is 247 Å². The van der Waals surface area contributed by atoms with Crippen LogP contribution in [0.4, 0.5) is 0 Å². The van der Waals surface area contributed by atoms with Crippen molar-refractivity contribution in [2.45, 2.75) is 19.4 Å². The van der Waals surface area contributed by atoms with E-state index < -0.39 is 11.9 Å². The Morgan fingerprint density at radius 1 is 0.929 bits per heavy atom. The van der Waals surface area contributed by atoms with Crippen LogP contribution in [0.25, 0.3) is 23.5 Å². The van der Waals surface area contributed by atoms with Gasteiger partial charge in [-0.3, -0.25) is 4.79 Å². The SMILES string of the molecule is COC(=O)/C=C/c1cccc(Cc2sc(/C=C/OC(C)=O)cc2-c2nnn(C(c3ccccc3)c3ccccc3)n2)c1. The number of benzene rings is 3. The maximum Gasteiger partial charge on any atom is 0.330 e. The van der Waals surface area contributed by atoms with E-state index in [0.717, 1.165) is 37.6 Å². The molecule has 42 heavy (non-hydrogen) atoms. The molecule has 0 atom stereocenters. The summed E-state index contributed by atoms with van der Waals surface area (Å²) in [6.45, 7) is 1.36. The van der Waals surface area contributed by atoms with E-state index >= 15 is 0 Å². The minimum atomic E-state index is -0.413. The Hall–Kier alpha value is -5.15. The van der Waals surface area contributed by atoms with E-state index in [9.17, 15) is 9.59 Å². The lowest BCUT2D eigenvalue weighted by Crippen LogP contribution is -2.15. The standard InChI is InChI=1S/C33H28N4O4S/c1-23(38)41-19-18-28-22-29(30(42-28)21-25-11-9-10-24(20-25)16-17-31(39)40-2)33-34-36-37(35-33)32(26-12-5-3-6-13-26)27-14-7-4-8-15-27/h3-20,22,32H,21H2,1-2H3/b17-16+,19-18+. The summed E-state index contributed by atoms with van der Waals surface area (Å²) in [6, 6.07) is 29.8. The summed E-state index contributed by atoms with van der Waals surface area (Å²) in [5.74, 6) is -0.312. The molecular formula is C33H28N4O4S. The lowest BCUT2D eigenvalue weighted by Gasteiger charge is -2.16. The van der Waals surface area contributed by atoms with Crippen molar-refractivity contribution in [3.05, 3.63) is 135 Å². The van der Waals surface area contributed by atoms with Gasteiger partial charge in [0.15, 0.2) is 0 Å². The van der Waals surface area contributed by atoms with Crippen LogP contribution >= 0.6 is 11.3 Å². The van der Waals surface area contributed by atoms with Crippen LogP contribution in [0.1, 0.15) is 45.0 Å². The summed E-state index contributed by atoms with van der Waals surface area (Å²) in [6.07, 6.45) is 6.83. The van der Waals surface area contributed by atoms with Gasteiger partial charge in [-0.2, -0.15) is 4.80 Å². The summed E-state index contributed by atoms with van der Waals surface area (Å²) in [7, 11) is 1.35. The first kappa shape index (κ1) is 28.4. The van der Waals surface area contributed by atoms with Gasteiger partial charge in [0.05, 0.1) is 13.4 Å². The van der Waals surface area contributed by atoms with E-state index in [0.29, 0.717) is 12.2 Å². The fourth-order valence-electron chi connectivity index (χ4n) is 4.45. The van der Waals surface area contributed by atoms with Crippen molar-refractivity contribution in [3.63, 3.8) is 0 Å². The largest absolute Gasteiger partial charge is 0.466 e. The molecule has 0 saturated carbocycles. The number of hydrogen-bond donors (Lipinski definition) is 0. The second-order valence-electron chi connectivity index (χ2n) is 9.33. The Morgan fingerprint density at radius 3 is 2.31 bits per heavy atom. The molecule has 0 saturated heterocycles. The number of methoxy groups -OCH3 is 1. The van der Waals surface area contributed by atoms with E-state index in [1.807, 2.05) is 66.7 Å². The molecule has 0 bridgehead atoms. The first-order chi connectivity index (χ1) is 20.5. The number of rotatable bonds is 10. The lowest BCUT2D eigenvalue weighted by atomic mass is 9.99. The quantitative estimate of drug-likeness (QED) is 0.109. The molecule has 0 aliphatic heterocycles. The Balaban J connectivity index is 1.51. The summed E-state index contributed by atoms with van der Waals surface area (Å²) in [4.78, 5) is 26.4. The normalized spacial score (nSPS) is 11.4. The molecule has 9 heteroatoms. The van der Waals surface area contributed by atoms with Crippen LogP contribution < -0.4 is 0 Å². The molecular weight excluding hydrogens is 548 g/mol. The monoisotopic (exact) mass is 576 g/mol. The van der Waals surface area contributed by atoms with Crippen molar-refractivity contribution in [2.24, 2.45) is 0 Å². The highest BCUT2D eigenvalue weighted by molar-refractivity contribution is 7.13. The van der Waals surface area contributed by atoms with Crippen LogP contribution in [0.2, 0.25) is 0 Å². The number of nitrogens with zero attached hydrogens (tertiary/aromatic N) is 4. The molecule has 0 aliphatic carbocycles. The van der Waals surface area contributed by atoms with Gasteiger partial charge in [0.2, 0.25) is 5.82 Å². The highest BCUT2D eigenvalue weighted by atomic mass is 32.1. The number of tetrazole rings is 1. The van der Waals surface area contributed by atoms with Crippen molar-refractivity contribution < 1.29 is 19.1 Å². The van der Waals surface area contributed by atoms with Gasteiger partial charge in [0.1, 0.15) is 6.04 Å². The number of esters is 2. The third kappa shape index (κ3) is 7.13. The average molecular weight is 577 g/mol.